The van der Waals surface area contributed by atoms with Gasteiger partial charge in [0.1, 0.15) is 5.82 Å². The summed E-state index contributed by atoms with van der Waals surface area (Å²) in [7, 11) is 0. The number of benzene rings is 3. The Bertz CT molecular complexity index is 1880. The first-order valence-electron chi connectivity index (χ1n) is 13.4. The van der Waals surface area contributed by atoms with E-state index in [9.17, 15) is 24.3 Å². The first kappa shape index (κ1) is 27.4. The molecule has 0 aliphatic carbocycles. The molecule has 0 unspecified atom stereocenters. The number of fused-ring (bicyclic) bond motifs is 1. The number of carbonyl (C=O) groups excluding carboxylic acids is 3. The summed E-state index contributed by atoms with van der Waals surface area (Å²) in [4.78, 5) is 55.0. The number of carboxylic acids is 1. The molecular weight excluding hydrogens is 557 g/mol. The fourth-order valence-electron chi connectivity index (χ4n) is 5.08. The van der Waals surface area contributed by atoms with Crippen molar-refractivity contribution < 1.29 is 28.7 Å². The number of ketones is 1. The van der Waals surface area contributed by atoms with E-state index in [1.54, 1.807) is 47.4 Å². The lowest BCUT2D eigenvalue weighted by atomic mass is 10.1. The van der Waals surface area contributed by atoms with Crippen molar-refractivity contribution in [2.45, 2.75) is 6.54 Å². The number of nitrogens with zero attached hydrogens (tertiary/aromatic N) is 7. The van der Waals surface area contributed by atoms with Gasteiger partial charge in [0, 0.05) is 43.3 Å². The smallest absolute Gasteiger partial charge is 0.335 e. The van der Waals surface area contributed by atoms with Crippen molar-refractivity contribution in [2.24, 2.45) is 0 Å². The second-order valence-corrected chi connectivity index (χ2v) is 9.95. The summed E-state index contributed by atoms with van der Waals surface area (Å²) in [5.74, 6) is -3.57. The predicted octanol–water partition coefficient (Wildman–Crippen LogP) is 2.67. The van der Waals surface area contributed by atoms with E-state index < -0.39 is 23.5 Å². The van der Waals surface area contributed by atoms with Crippen LogP contribution in [-0.2, 0) is 11.3 Å². The number of hydrogen-bond donors (Lipinski definition) is 1. The third-order valence-corrected chi connectivity index (χ3v) is 7.25. The van der Waals surface area contributed by atoms with Gasteiger partial charge in [-0.1, -0.05) is 41.5 Å². The van der Waals surface area contributed by atoms with Crippen LogP contribution in [0.4, 0.5) is 4.39 Å². The molecule has 1 aliphatic rings. The zero-order valence-electron chi connectivity index (χ0n) is 22.6. The molecule has 1 fully saturated rings. The highest BCUT2D eigenvalue weighted by Crippen LogP contribution is 2.27. The molecule has 0 bridgehead atoms. The highest BCUT2D eigenvalue weighted by Gasteiger charge is 2.31. The van der Waals surface area contributed by atoms with Gasteiger partial charge in [-0.15, -0.1) is 5.10 Å². The van der Waals surface area contributed by atoms with E-state index in [1.807, 2.05) is 6.07 Å². The van der Waals surface area contributed by atoms with Gasteiger partial charge >= 0.3 is 5.97 Å². The molecule has 1 saturated heterocycles. The maximum absolute atomic E-state index is 15.1. The van der Waals surface area contributed by atoms with E-state index in [0.717, 1.165) is 0 Å². The number of aromatic nitrogens is 5. The van der Waals surface area contributed by atoms with Gasteiger partial charge in [-0.2, -0.15) is 4.80 Å². The summed E-state index contributed by atoms with van der Waals surface area (Å²) >= 11 is 0. The normalized spacial score (nSPS) is 13.3. The van der Waals surface area contributed by atoms with Crippen LogP contribution in [0.15, 0.2) is 79.0 Å². The monoisotopic (exact) mass is 581 g/mol. The standard InChI is InChI=1S/C30H24FN7O5/c31-23-10-5-11-24-25(23)22(18-37(24)30-32-34-38(33-30)17-19-6-4-9-21(16-19)29(42)43)26(39)28(41)36-14-12-35(13-15-36)27(40)20-7-2-1-3-8-20/h1-11,16,18H,12-15,17H2,(H,42,43). The van der Waals surface area contributed by atoms with Crippen molar-refractivity contribution in [1.82, 2.24) is 34.6 Å². The summed E-state index contributed by atoms with van der Waals surface area (Å²) in [6.07, 6.45) is 1.32. The Kier molecular flexibility index (Phi) is 7.20. The van der Waals surface area contributed by atoms with Crippen molar-refractivity contribution in [3.63, 3.8) is 0 Å². The molecule has 1 aliphatic heterocycles. The summed E-state index contributed by atoms with van der Waals surface area (Å²) < 4.78 is 16.5. The van der Waals surface area contributed by atoms with Gasteiger partial charge in [0.05, 0.1) is 23.2 Å². The third kappa shape index (κ3) is 5.35. The van der Waals surface area contributed by atoms with Crippen LogP contribution >= 0.6 is 0 Å². The van der Waals surface area contributed by atoms with E-state index in [4.69, 9.17) is 0 Å². The number of aromatic carboxylic acids is 1. The topological polar surface area (TPSA) is 144 Å². The highest BCUT2D eigenvalue weighted by molar-refractivity contribution is 6.45. The molecule has 0 atom stereocenters. The largest absolute Gasteiger partial charge is 0.478 e. The van der Waals surface area contributed by atoms with Crippen molar-refractivity contribution >= 4 is 34.5 Å². The number of hydrogen-bond acceptors (Lipinski definition) is 7. The molecule has 13 heteroatoms. The van der Waals surface area contributed by atoms with E-state index in [2.05, 4.69) is 15.4 Å². The van der Waals surface area contributed by atoms with Gasteiger partial charge in [0.25, 0.3) is 23.5 Å². The first-order chi connectivity index (χ1) is 20.8. The zero-order valence-corrected chi connectivity index (χ0v) is 22.6. The van der Waals surface area contributed by atoms with Gasteiger partial charge in [-0.3, -0.25) is 19.0 Å². The second-order valence-electron chi connectivity index (χ2n) is 9.95. The highest BCUT2D eigenvalue weighted by atomic mass is 19.1. The molecule has 0 spiro atoms. The minimum absolute atomic E-state index is 0.0320. The molecule has 216 valence electrons. The third-order valence-electron chi connectivity index (χ3n) is 7.25. The molecule has 2 aromatic heterocycles. The Morgan fingerprint density at radius 1 is 0.837 bits per heavy atom. The minimum atomic E-state index is -1.07. The summed E-state index contributed by atoms with van der Waals surface area (Å²) in [5.41, 5.74) is 1.40. The van der Waals surface area contributed by atoms with Crippen LogP contribution in [0.2, 0.25) is 0 Å². The first-order valence-corrected chi connectivity index (χ1v) is 13.4. The molecule has 12 nitrogen and oxygen atoms in total. The number of rotatable bonds is 7. The van der Waals surface area contributed by atoms with Crippen LogP contribution in [0, 0.1) is 5.82 Å². The molecular formula is C30H24FN7O5. The number of piperazine rings is 1. The van der Waals surface area contributed by atoms with E-state index in [0.29, 0.717) is 11.1 Å². The molecule has 3 heterocycles. The molecule has 0 saturated carbocycles. The molecule has 0 radical (unpaired) electrons. The lowest BCUT2D eigenvalue weighted by Crippen LogP contribution is -2.52. The van der Waals surface area contributed by atoms with Gasteiger partial charge in [-0.25, -0.2) is 9.18 Å². The van der Waals surface area contributed by atoms with Crippen LogP contribution < -0.4 is 0 Å². The van der Waals surface area contributed by atoms with Gasteiger partial charge < -0.3 is 14.9 Å². The Morgan fingerprint density at radius 2 is 1.53 bits per heavy atom. The molecule has 5 aromatic rings. The summed E-state index contributed by atoms with van der Waals surface area (Å²) in [5, 5.41) is 21.6. The van der Waals surface area contributed by atoms with Gasteiger partial charge in [-0.05, 0) is 47.2 Å². The van der Waals surface area contributed by atoms with Crippen molar-refractivity contribution in [3.8, 4) is 5.95 Å². The number of carboxylic acid groups (broad SMARTS) is 1. The second kappa shape index (κ2) is 11.3. The Hall–Kier alpha value is -5.72. The Balaban J connectivity index is 1.22. The van der Waals surface area contributed by atoms with Crippen LogP contribution in [0.5, 0.6) is 0 Å². The predicted molar refractivity (Wildman–Crippen MR) is 150 cm³/mol. The summed E-state index contributed by atoms with van der Waals surface area (Å²) in [6.45, 7) is 0.938. The van der Waals surface area contributed by atoms with E-state index in [-0.39, 0.29) is 66.6 Å². The Morgan fingerprint density at radius 3 is 2.28 bits per heavy atom. The SMILES string of the molecule is O=C(O)c1cccc(Cn2nnc(-n3cc(C(=O)C(=O)N4CCN(C(=O)c5ccccc5)CC4)c4c(F)cccc43)n2)c1. The van der Waals surface area contributed by atoms with Crippen LogP contribution in [0.25, 0.3) is 16.9 Å². The van der Waals surface area contributed by atoms with E-state index in [1.165, 1.54) is 44.7 Å². The number of tetrazole rings is 1. The van der Waals surface area contributed by atoms with Gasteiger partial charge in [0.15, 0.2) is 0 Å². The van der Waals surface area contributed by atoms with Gasteiger partial charge in [0.2, 0.25) is 0 Å². The number of halogens is 1. The minimum Gasteiger partial charge on any atom is -0.478 e. The van der Waals surface area contributed by atoms with Crippen molar-refractivity contribution in [2.75, 3.05) is 26.2 Å². The fraction of sp³-hybridized carbons (Fsp3) is 0.167. The zero-order chi connectivity index (χ0) is 30.1. The molecule has 6 rings (SSSR count). The number of Topliss-reactive ketones (excluding diaryl/α,β-unsaturated/α-hetero) is 1. The quantitative estimate of drug-likeness (QED) is 0.228. The fourth-order valence-corrected chi connectivity index (χ4v) is 5.08. The molecule has 3 aromatic carbocycles. The Labute approximate surface area is 243 Å². The maximum Gasteiger partial charge on any atom is 0.335 e. The summed E-state index contributed by atoms with van der Waals surface area (Å²) in [6, 6.07) is 19.3. The molecule has 2 amide bonds. The van der Waals surface area contributed by atoms with Crippen LogP contribution in [-0.4, -0.2) is 89.4 Å². The average Bonchev–Trinajstić information content (AvgIpc) is 3.66. The number of amides is 2. The maximum atomic E-state index is 15.1. The van der Waals surface area contributed by atoms with Crippen molar-refractivity contribution in [3.05, 3.63) is 107 Å². The van der Waals surface area contributed by atoms with Crippen molar-refractivity contribution in [1.29, 1.82) is 0 Å². The average molecular weight is 582 g/mol. The van der Waals surface area contributed by atoms with E-state index >= 15 is 4.39 Å². The lowest BCUT2D eigenvalue weighted by Gasteiger charge is -2.34. The van der Waals surface area contributed by atoms with Crippen LogP contribution in [0.1, 0.15) is 36.6 Å². The lowest BCUT2D eigenvalue weighted by molar-refractivity contribution is -0.127. The molecule has 43 heavy (non-hydrogen) atoms. The van der Waals surface area contributed by atoms with Crippen LogP contribution in [0.3, 0.4) is 0 Å². The number of carbonyl (C=O) groups is 4. The molecule has 1 N–H and O–H groups in total.